The fraction of sp³-hybridized carbons (Fsp3) is 0.921. The number of rotatable bonds is 21. The van der Waals surface area contributed by atoms with Gasteiger partial charge in [0, 0.05) is 25.1 Å². The number of hydrogen-bond donors (Lipinski definition) is 3. The van der Waals surface area contributed by atoms with E-state index in [1.54, 1.807) is 13.8 Å². The number of ketones is 1. The third-order valence-corrected chi connectivity index (χ3v) is 11.1. The van der Waals surface area contributed by atoms with E-state index in [9.17, 15) is 14.4 Å². The zero-order chi connectivity index (χ0) is 33.9. The van der Waals surface area contributed by atoms with E-state index in [4.69, 9.17) is 4.74 Å². The summed E-state index contributed by atoms with van der Waals surface area (Å²) in [5.41, 5.74) is -0.289. The second-order valence-corrected chi connectivity index (χ2v) is 14.7. The molecule has 264 valence electrons. The monoisotopic (exact) mass is 636 g/mol. The minimum absolute atomic E-state index is 0.0196. The highest BCUT2D eigenvalue weighted by molar-refractivity contribution is 5.89. The van der Waals surface area contributed by atoms with Crippen LogP contribution in [-0.2, 0) is 19.1 Å². The smallest absolute Gasteiger partial charge is 0.237 e. The largest absolute Gasteiger partial charge is 0.375 e. The molecule has 1 rings (SSSR count). The fourth-order valence-electron chi connectivity index (χ4n) is 7.35. The highest BCUT2D eigenvalue weighted by Gasteiger charge is 2.42. The van der Waals surface area contributed by atoms with Gasteiger partial charge >= 0.3 is 0 Å². The Kier molecular flexibility index (Phi) is 19.8. The first-order valence-electron chi connectivity index (χ1n) is 18.9. The molecule has 1 aliphatic carbocycles. The van der Waals surface area contributed by atoms with Crippen LogP contribution in [-0.4, -0.2) is 54.0 Å². The van der Waals surface area contributed by atoms with Gasteiger partial charge in [-0.2, -0.15) is 0 Å². The van der Waals surface area contributed by atoms with Crippen LogP contribution in [0.1, 0.15) is 178 Å². The van der Waals surface area contributed by atoms with Gasteiger partial charge in [0.15, 0.2) is 5.78 Å². The third-order valence-electron chi connectivity index (χ3n) is 11.1. The molecule has 0 radical (unpaired) electrons. The number of nitrogens with one attached hydrogen (secondary N) is 3. The van der Waals surface area contributed by atoms with E-state index in [2.05, 4.69) is 57.5 Å². The molecule has 0 aromatic carbocycles. The van der Waals surface area contributed by atoms with Gasteiger partial charge in [-0.05, 0) is 76.5 Å². The Bertz CT molecular complexity index is 840. The number of carbonyl (C=O) groups is 3. The normalized spacial score (nSPS) is 17.8. The molecule has 0 aromatic heterocycles. The molecule has 45 heavy (non-hydrogen) atoms. The minimum atomic E-state index is -0.486. The quantitative estimate of drug-likeness (QED) is 0.118. The minimum Gasteiger partial charge on any atom is -0.375 e. The van der Waals surface area contributed by atoms with E-state index < -0.39 is 6.04 Å². The van der Waals surface area contributed by atoms with Crippen LogP contribution in [0.3, 0.4) is 0 Å². The van der Waals surface area contributed by atoms with Crippen molar-refractivity contribution in [2.75, 3.05) is 13.2 Å². The van der Waals surface area contributed by atoms with E-state index >= 15 is 0 Å². The summed E-state index contributed by atoms with van der Waals surface area (Å²) in [6.45, 7) is 20.0. The summed E-state index contributed by atoms with van der Waals surface area (Å²) in [6, 6.07) is -0.839. The maximum Gasteiger partial charge on any atom is 0.237 e. The predicted molar refractivity (Wildman–Crippen MR) is 188 cm³/mol. The first-order chi connectivity index (χ1) is 21.4. The molecule has 1 saturated carbocycles. The lowest BCUT2D eigenvalue weighted by molar-refractivity contribution is -0.129. The van der Waals surface area contributed by atoms with Crippen LogP contribution >= 0.6 is 0 Å². The van der Waals surface area contributed by atoms with Gasteiger partial charge in [-0.1, -0.05) is 106 Å². The van der Waals surface area contributed by atoms with Crippen LogP contribution in [0.2, 0.25) is 0 Å². The number of Topliss-reactive ketones (excluding diaryl/α,β-unsaturated/α-hetero) is 1. The van der Waals surface area contributed by atoms with Gasteiger partial charge < -0.3 is 20.7 Å². The highest BCUT2D eigenvalue weighted by atomic mass is 16.5. The van der Waals surface area contributed by atoms with Crippen molar-refractivity contribution >= 4 is 17.6 Å². The van der Waals surface area contributed by atoms with Crippen LogP contribution in [0.5, 0.6) is 0 Å². The molecule has 0 saturated heterocycles. The molecule has 2 amide bonds. The van der Waals surface area contributed by atoms with E-state index in [-0.39, 0.29) is 46.1 Å². The maximum atomic E-state index is 13.6. The van der Waals surface area contributed by atoms with Crippen molar-refractivity contribution in [2.45, 2.75) is 201 Å². The average molecular weight is 636 g/mol. The van der Waals surface area contributed by atoms with Gasteiger partial charge in [-0.15, -0.1) is 0 Å². The van der Waals surface area contributed by atoms with E-state index in [1.807, 2.05) is 6.92 Å². The Balaban J connectivity index is 3.26. The molecule has 7 nitrogen and oxygen atoms in total. The summed E-state index contributed by atoms with van der Waals surface area (Å²) >= 11 is 0. The average Bonchev–Trinajstić information content (AvgIpc) is 3.01. The van der Waals surface area contributed by atoms with Gasteiger partial charge in [0.25, 0.3) is 0 Å². The van der Waals surface area contributed by atoms with Crippen molar-refractivity contribution in [3.05, 3.63) is 0 Å². The molecular formula is C38H73N3O4. The van der Waals surface area contributed by atoms with E-state index in [0.717, 1.165) is 64.2 Å². The van der Waals surface area contributed by atoms with Crippen LogP contribution in [0, 0.1) is 11.3 Å². The van der Waals surface area contributed by atoms with Crippen LogP contribution in [0.15, 0.2) is 0 Å². The molecule has 1 fully saturated rings. The lowest BCUT2D eigenvalue weighted by atomic mass is 9.66. The molecule has 0 unspecified atom stereocenters. The Labute approximate surface area is 277 Å². The maximum absolute atomic E-state index is 13.6. The van der Waals surface area contributed by atoms with E-state index in [1.165, 1.54) is 44.9 Å². The third kappa shape index (κ3) is 14.5. The van der Waals surface area contributed by atoms with Crippen molar-refractivity contribution < 1.29 is 19.1 Å². The van der Waals surface area contributed by atoms with Crippen molar-refractivity contribution in [3.63, 3.8) is 0 Å². The first-order valence-corrected chi connectivity index (χ1v) is 18.9. The van der Waals surface area contributed by atoms with Crippen molar-refractivity contribution in [3.8, 4) is 0 Å². The van der Waals surface area contributed by atoms with Crippen molar-refractivity contribution in [1.29, 1.82) is 0 Å². The summed E-state index contributed by atoms with van der Waals surface area (Å²) in [7, 11) is 0. The number of carbonyl (C=O) groups excluding carboxylic acids is 3. The molecule has 2 atom stereocenters. The molecule has 1 aliphatic rings. The topological polar surface area (TPSA) is 96.5 Å². The van der Waals surface area contributed by atoms with Gasteiger partial charge in [-0.25, -0.2) is 0 Å². The molecular weight excluding hydrogens is 562 g/mol. The molecule has 0 heterocycles. The van der Waals surface area contributed by atoms with Gasteiger partial charge in [0.1, 0.15) is 0 Å². The van der Waals surface area contributed by atoms with Crippen molar-refractivity contribution in [2.24, 2.45) is 11.3 Å². The molecule has 0 bridgehead atoms. The zero-order valence-corrected chi connectivity index (χ0v) is 31.0. The van der Waals surface area contributed by atoms with Crippen LogP contribution in [0.4, 0.5) is 0 Å². The lowest BCUT2D eigenvalue weighted by Crippen LogP contribution is -2.60. The predicted octanol–water partition coefficient (Wildman–Crippen LogP) is 8.43. The lowest BCUT2D eigenvalue weighted by Gasteiger charge is -2.47. The van der Waals surface area contributed by atoms with Gasteiger partial charge in [-0.3, -0.25) is 14.4 Å². The molecule has 0 aliphatic heterocycles. The summed E-state index contributed by atoms with van der Waals surface area (Å²) in [5, 5.41) is 10.1. The Morgan fingerprint density at radius 3 is 1.82 bits per heavy atom. The summed E-state index contributed by atoms with van der Waals surface area (Å²) in [6.07, 6.45) is 19.1. The second-order valence-electron chi connectivity index (χ2n) is 14.7. The van der Waals surface area contributed by atoms with Gasteiger partial charge in [0.2, 0.25) is 11.8 Å². The Morgan fingerprint density at radius 2 is 1.36 bits per heavy atom. The van der Waals surface area contributed by atoms with Gasteiger partial charge in [0.05, 0.1) is 17.7 Å². The molecule has 3 N–H and O–H groups in total. The fourth-order valence-corrected chi connectivity index (χ4v) is 7.35. The number of hydrogen-bond acceptors (Lipinski definition) is 5. The van der Waals surface area contributed by atoms with Crippen LogP contribution < -0.4 is 16.0 Å². The summed E-state index contributed by atoms with van der Waals surface area (Å²) in [5.74, 6) is 0.147. The highest BCUT2D eigenvalue weighted by Crippen LogP contribution is 2.44. The zero-order valence-electron chi connectivity index (χ0n) is 31.0. The van der Waals surface area contributed by atoms with E-state index in [0.29, 0.717) is 19.6 Å². The Hall–Kier alpha value is -1.47. The first kappa shape index (κ1) is 41.6. The van der Waals surface area contributed by atoms with Crippen molar-refractivity contribution in [1.82, 2.24) is 16.0 Å². The van der Waals surface area contributed by atoms with Crippen LogP contribution in [0.25, 0.3) is 0 Å². The molecule has 0 spiro atoms. The number of amides is 2. The standard InChI is InChI=1S/C38H73N3O4/c1-10-22-33(43)39-27-25-38(13-4,14-5)45-28-26-36(11-2,12-3)29-37(23-20-18-16-15-17-19-21-24-37)41-34(30(6)7)35(44)40-31(8)32(9)42/h30-31,34,41H,10-29H2,1-9H3,(H,39,43)(H,40,44)/t31-,34-/m0/s1. The Morgan fingerprint density at radius 1 is 0.800 bits per heavy atom. The molecule has 0 aromatic rings. The summed E-state index contributed by atoms with van der Waals surface area (Å²) in [4.78, 5) is 37.7. The number of ether oxygens (including phenoxy) is 1. The second kappa shape index (κ2) is 21.4. The SMILES string of the molecule is CCCC(=O)NCCC(CC)(CC)OCCC(CC)(CC)CC1(N[C@H](C(=O)N[C@@H](C)C(C)=O)C(C)C)CCCCCCCCC1. The summed E-state index contributed by atoms with van der Waals surface area (Å²) < 4.78 is 6.79. The molecule has 7 heteroatoms.